The van der Waals surface area contributed by atoms with Crippen molar-refractivity contribution in [3.63, 3.8) is 0 Å². The average Bonchev–Trinajstić information content (AvgIpc) is 2.73. The molecule has 1 atom stereocenters. The Balaban J connectivity index is 1.98. The molecule has 4 N–H and O–H groups in total. The smallest absolute Gasteiger partial charge is 0.324 e. The zero-order valence-corrected chi connectivity index (χ0v) is 19.6. The Labute approximate surface area is 193 Å². The molecule has 0 saturated carbocycles. The average molecular weight is 519 g/mol. The summed E-state index contributed by atoms with van der Waals surface area (Å²) in [5.74, 6) is -1.23. The number of halogens is 2. The Kier molecular flexibility index (Phi) is 7.30. The maximum atomic E-state index is 12.9. The molecule has 1 aromatic carbocycles. The number of carbonyl (C=O) groups excluding carboxylic acids is 2. The molecule has 0 heterocycles. The van der Waals surface area contributed by atoms with Crippen molar-refractivity contribution in [2.45, 2.75) is 24.9 Å². The summed E-state index contributed by atoms with van der Waals surface area (Å²) in [5, 5.41) is -0.178. The number of carbonyl (C=O) groups is 2. The second-order valence-corrected chi connectivity index (χ2v) is 11.5. The summed E-state index contributed by atoms with van der Waals surface area (Å²) < 4.78 is 23.5. The molecule has 0 radical (unpaired) electrons. The minimum atomic E-state index is -4.94. The van der Waals surface area contributed by atoms with Gasteiger partial charge in [0.2, 0.25) is 0 Å². The van der Waals surface area contributed by atoms with Crippen LogP contribution in [0.4, 0.5) is 0 Å². The van der Waals surface area contributed by atoms with Gasteiger partial charge in [-0.2, -0.15) is 0 Å². The number of benzene rings is 1. The normalized spacial score (nSPS) is 19.5. The molecule has 0 aromatic heterocycles. The van der Waals surface area contributed by atoms with Crippen molar-refractivity contribution in [2.24, 2.45) is 0 Å². The molecule has 2 aliphatic rings. The number of hydrogen-bond acceptors (Lipinski definition) is 4. The van der Waals surface area contributed by atoms with Crippen molar-refractivity contribution in [1.82, 2.24) is 0 Å². The van der Waals surface area contributed by atoms with Crippen molar-refractivity contribution < 1.29 is 38.3 Å². The molecule has 0 amide bonds. The summed E-state index contributed by atoms with van der Waals surface area (Å²) in [5.41, 5.74) is -1.01. The number of Topliss-reactive ketones (excluding diaryl/α,β-unsaturated/α-hetero) is 2. The molecule has 170 valence electrons. The number of rotatable bonds is 6. The Bertz CT molecular complexity index is 1220. The van der Waals surface area contributed by atoms with Crippen LogP contribution in [0.3, 0.4) is 0 Å². The molecule has 2 aliphatic carbocycles. The van der Waals surface area contributed by atoms with Crippen LogP contribution >= 0.6 is 38.4 Å². The highest BCUT2D eigenvalue weighted by atomic mass is 35.5. The van der Waals surface area contributed by atoms with Gasteiger partial charge in [-0.1, -0.05) is 41.4 Å². The second-order valence-electron chi connectivity index (χ2n) is 7.27. The van der Waals surface area contributed by atoms with Crippen LogP contribution in [0.2, 0.25) is 10.0 Å². The molecule has 12 heteroatoms. The Hall–Kier alpha value is -1.60. The fourth-order valence-corrected chi connectivity index (χ4v) is 5.38. The van der Waals surface area contributed by atoms with Crippen LogP contribution in [0, 0.1) is 0 Å². The summed E-state index contributed by atoms with van der Waals surface area (Å²) in [4.78, 5) is 64.0. The van der Waals surface area contributed by atoms with Crippen molar-refractivity contribution in [3.8, 4) is 0 Å². The maximum Gasteiger partial charge on any atom is 0.356 e. The van der Waals surface area contributed by atoms with Crippen LogP contribution in [0.5, 0.6) is 0 Å². The zero-order chi connectivity index (χ0) is 23.8. The van der Waals surface area contributed by atoms with Gasteiger partial charge in [0, 0.05) is 27.3 Å². The first kappa shape index (κ1) is 25.0. The summed E-state index contributed by atoms with van der Waals surface area (Å²) >= 11 is 12.0. The standard InChI is InChI=1S/C20H18Cl2O8P2/c21-13-4-8-17(22)16(10-13)20(24)12-3-7-15(18(9-12)32(28,29)30)19(23)11-1-5-14(6-2-11)31(25,26)27/h1-2,4-5,8-10,14H,3,6-7H2,(H2,25,26,27)(H2,28,29,30). The van der Waals surface area contributed by atoms with E-state index in [9.17, 15) is 38.3 Å². The van der Waals surface area contributed by atoms with E-state index < -0.39 is 37.7 Å². The van der Waals surface area contributed by atoms with Crippen molar-refractivity contribution in [2.75, 3.05) is 0 Å². The fourth-order valence-electron chi connectivity index (χ4n) is 3.43. The quantitative estimate of drug-likeness (QED) is 0.321. The number of ketones is 2. The predicted octanol–water partition coefficient (Wildman–Crippen LogP) is 4.33. The maximum absolute atomic E-state index is 12.9. The number of allylic oxidation sites excluding steroid dienone is 8. The lowest BCUT2D eigenvalue weighted by Crippen LogP contribution is -2.17. The van der Waals surface area contributed by atoms with Gasteiger partial charge in [-0.3, -0.25) is 18.7 Å². The molecular weight excluding hydrogens is 501 g/mol. The third kappa shape index (κ3) is 5.48. The molecule has 8 nitrogen and oxygen atoms in total. The largest absolute Gasteiger partial charge is 0.356 e. The Morgan fingerprint density at radius 3 is 2.25 bits per heavy atom. The van der Waals surface area contributed by atoms with Crippen LogP contribution in [0.15, 0.2) is 64.5 Å². The van der Waals surface area contributed by atoms with E-state index in [1.165, 1.54) is 36.4 Å². The fraction of sp³-hybridized carbons (Fsp3) is 0.200. The molecule has 0 bridgehead atoms. The van der Waals surface area contributed by atoms with Crippen molar-refractivity contribution in [3.05, 3.63) is 80.1 Å². The molecule has 1 unspecified atom stereocenters. The van der Waals surface area contributed by atoms with Gasteiger partial charge in [-0.15, -0.1) is 0 Å². The molecule has 32 heavy (non-hydrogen) atoms. The minimum absolute atomic E-state index is 0.0361. The van der Waals surface area contributed by atoms with Crippen LogP contribution < -0.4 is 0 Å². The van der Waals surface area contributed by atoms with Crippen molar-refractivity contribution >= 4 is 50.0 Å². The van der Waals surface area contributed by atoms with E-state index in [0.29, 0.717) is 0 Å². The van der Waals surface area contributed by atoms with Gasteiger partial charge >= 0.3 is 15.2 Å². The van der Waals surface area contributed by atoms with E-state index in [0.717, 1.165) is 6.08 Å². The summed E-state index contributed by atoms with van der Waals surface area (Å²) in [6.07, 6.45) is 4.62. The van der Waals surface area contributed by atoms with Gasteiger partial charge in [0.15, 0.2) is 11.6 Å². The molecular formula is C20H18Cl2O8P2. The van der Waals surface area contributed by atoms with Crippen molar-refractivity contribution in [1.29, 1.82) is 0 Å². The molecule has 1 aromatic rings. The van der Waals surface area contributed by atoms with E-state index in [4.69, 9.17) is 23.2 Å². The minimum Gasteiger partial charge on any atom is -0.324 e. The van der Waals surface area contributed by atoms with Gasteiger partial charge < -0.3 is 19.6 Å². The third-order valence-corrected chi connectivity index (χ3v) is 7.93. The van der Waals surface area contributed by atoms with E-state index in [-0.39, 0.29) is 51.6 Å². The highest BCUT2D eigenvalue weighted by Gasteiger charge is 2.34. The summed E-state index contributed by atoms with van der Waals surface area (Å²) in [7, 11) is -9.31. The van der Waals surface area contributed by atoms with E-state index in [2.05, 4.69) is 0 Å². The first-order chi connectivity index (χ1) is 14.8. The highest BCUT2D eigenvalue weighted by Crippen LogP contribution is 2.51. The SMILES string of the molecule is O=C(C1=CCC(P(=O)(O)O)C=C1)C1=C(P(=O)(O)O)C=C(C(=O)c2cc(Cl)ccc2Cl)CC1. The van der Waals surface area contributed by atoms with Gasteiger partial charge in [0.25, 0.3) is 0 Å². The zero-order valence-electron chi connectivity index (χ0n) is 16.3. The highest BCUT2D eigenvalue weighted by molar-refractivity contribution is 7.56. The van der Waals surface area contributed by atoms with Crippen LogP contribution in [0.25, 0.3) is 0 Å². The van der Waals surface area contributed by atoms with E-state index >= 15 is 0 Å². The Morgan fingerprint density at radius 2 is 1.69 bits per heavy atom. The van der Waals surface area contributed by atoms with Crippen LogP contribution in [-0.4, -0.2) is 36.8 Å². The molecule has 0 fully saturated rings. The van der Waals surface area contributed by atoms with E-state index in [1.807, 2.05) is 0 Å². The Morgan fingerprint density at radius 1 is 1.00 bits per heavy atom. The molecule has 0 saturated heterocycles. The van der Waals surface area contributed by atoms with Crippen LogP contribution in [-0.2, 0) is 13.9 Å². The molecule has 0 aliphatic heterocycles. The molecule has 3 rings (SSSR count). The summed E-state index contributed by atoms with van der Waals surface area (Å²) in [6, 6.07) is 4.28. The summed E-state index contributed by atoms with van der Waals surface area (Å²) in [6.45, 7) is 0. The lowest BCUT2D eigenvalue weighted by atomic mass is 9.88. The van der Waals surface area contributed by atoms with E-state index in [1.54, 1.807) is 0 Å². The first-order valence-electron chi connectivity index (χ1n) is 9.27. The second kappa shape index (κ2) is 9.34. The monoisotopic (exact) mass is 518 g/mol. The molecule has 0 spiro atoms. The topological polar surface area (TPSA) is 149 Å². The lowest BCUT2D eigenvalue weighted by molar-refractivity contribution is -0.112. The predicted molar refractivity (Wildman–Crippen MR) is 120 cm³/mol. The van der Waals surface area contributed by atoms with Gasteiger partial charge in [0.05, 0.1) is 16.0 Å². The van der Waals surface area contributed by atoms with Gasteiger partial charge in [0.1, 0.15) is 0 Å². The number of hydrogen-bond donors (Lipinski definition) is 4. The van der Waals surface area contributed by atoms with Gasteiger partial charge in [-0.25, -0.2) is 0 Å². The third-order valence-electron chi connectivity index (χ3n) is 5.09. The van der Waals surface area contributed by atoms with Crippen LogP contribution in [0.1, 0.15) is 29.6 Å². The lowest BCUT2D eigenvalue weighted by Gasteiger charge is -2.22. The first-order valence-corrected chi connectivity index (χ1v) is 13.3. The van der Waals surface area contributed by atoms with Gasteiger partial charge in [-0.05, 0) is 43.5 Å².